The molecule has 2 aliphatic heterocycles. The molecule has 0 bridgehead atoms. The van der Waals surface area contributed by atoms with Crippen LogP contribution in [0.15, 0.2) is 46.9 Å². The van der Waals surface area contributed by atoms with Crippen molar-refractivity contribution in [3.8, 4) is 5.75 Å². The van der Waals surface area contributed by atoms with Gasteiger partial charge in [0.25, 0.3) is 11.7 Å². The topological polar surface area (TPSA) is 48.0 Å². The molecule has 0 aromatic heterocycles. The predicted octanol–water partition coefficient (Wildman–Crippen LogP) is 5.15. The van der Waals surface area contributed by atoms with Gasteiger partial charge in [0.2, 0.25) is 0 Å². The van der Waals surface area contributed by atoms with E-state index in [1.165, 1.54) is 5.56 Å². The van der Waals surface area contributed by atoms with Crippen molar-refractivity contribution >= 4 is 27.5 Å². The number of carbonyl (C=O) groups is 1. The van der Waals surface area contributed by atoms with Crippen molar-refractivity contribution in [2.24, 2.45) is 0 Å². The number of fused-ring (bicyclic) bond motifs is 2. The highest BCUT2D eigenvalue weighted by Gasteiger charge is 2.54. The van der Waals surface area contributed by atoms with E-state index >= 15 is 0 Å². The zero-order valence-electron chi connectivity index (χ0n) is 17.7. The van der Waals surface area contributed by atoms with Crippen molar-refractivity contribution in [3.63, 3.8) is 0 Å². The molecule has 0 aliphatic carbocycles. The number of anilines is 1. The van der Waals surface area contributed by atoms with E-state index in [-0.39, 0.29) is 11.3 Å². The summed E-state index contributed by atoms with van der Waals surface area (Å²) >= 11 is 3.50. The van der Waals surface area contributed by atoms with Gasteiger partial charge in [0.15, 0.2) is 0 Å². The Morgan fingerprint density at radius 1 is 1.10 bits per heavy atom. The Labute approximate surface area is 186 Å². The smallest absolute Gasteiger partial charge is 0.292 e. The van der Waals surface area contributed by atoms with Crippen molar-refractivity contribution < 1.29 is 19.0 Å². The number of benzene rings is 2. The van der Waals surface area contributed by atoms with Crippen LogP contribution in [0.3, 0.4) is 0 Å². The predicted molar refractivity (Wildman–Crippen MR) is 120 cm³/mol. The molecule has 0 saturated carbocycles. The van der Waals surface area contributed by atoms with Gasteiger partial charge in [0, 0.05) is 16.6 Å². The lowest BCUT2D eigenvalue weighted by atomic mass is 9.87. The quantitative estimate of drug-likeness (QED) is 0.563. The maximum Gasteiger partial charge on any atom is 0.292 e. The van der Waals surface area contributed by atoms with Crippen LogP contribution in [0.5, 0.6) is 5.75 Å². The van der Waals surface area contributed by atoms with Gasteiger partial charge in [-0.25, -0.2) is 0 Å². The second-order valence-corrected chi connectivity index (χ2v) is 9.68. The number of hydrogen-bond acceptors (Lipinski definition) is 4. The number of amides is 1. The molecule has 0 atom stereocenters. The first-order valence-corrected chi connectivity index (χ1v) is 11.2. The van der Waals surface area contributed by atoms with E-state index in [9.17, 15) is 4.79 Å². The fraction of sp³-hybridized carbons (Fsp3) is 0.458. The van der Waals surface area contributed by atoms with E-state index in [0.29, 0.717) is 32.8 Å². The molecule has 1 saturated heterocycles. The number of nitrogens with zero attached hydrogens (tertiary/aromatic N) is 1. The van der Waals surface area contributed by atoms with E-state index in [0.717, 1.165) is 27.9 Å². The van der Waals surface area contributed by atoms with E-state index < -0.39 is 5.79 Å². The third kappa shape index (κ3) is 4.01. The normalized spacial score (nSPS) is 18.0. The van der Waals surface area contributed by atoms with Crippen LogP contribution in [0.25, 0.3) is 0 Å². The maximum atomic E-state index is 13.3. The lowest BCUT2D eigenvalue weighted by Gasteiger charge is -2.32. The summed E-state index contributed by atoms with van der Waals surface area (Å²) in [5.41, 5.74) is 3.02. The monoisotopic (exact) mass is 473 g/mol. The molecule has 1 spiro atoms. The summed E-state index contributed by atoms with van der Waals surface area (Å²) in [6.45, 7) is 8.68. The summed E-state index contributed by atoms with van der Waals surface area (Å²) in [5.74, 6) is -0.610. The van der Waals surface area contributed by atoms with Gasteiger partial charge in [0.05, 0.1) is 25.5 Å². The molecule has 1 amide bonds. The first kappa shape index (κ1) is 21.3. The number of carbonyl (C=O) groups excluding carboxylic acids is 1. The zero-order chi connectivity index (χ0) is 21.4. The number of rotatable bonds is 5. The molecule has 2 aromatic carbocycles. The van der Waals surface area contributed by atoms with Crippen LogP contribution in [-0.2, 0) is 25.5 Å². The second kappa shape index (κ2) is 8.33. The van der Waals surface area contributed by atoms with Crippen molar-refractivity contribution in [3.05, 3.63) is 58.1 Å². The standard InChI is InChI=1S/C24H28BrNO4/c1-23(2,3)17-6-9-19(10-7-17)28-13-4-12-26-21-11-8-18(25)16-20(21)24(22(26)27)29-14-5-15-30-24/h6-11,16H,4-5,12-15H2,1-3H3. The summed E-state index contributed by atoms with van der Waals surface area (Å²) in [7, 11) is 0. The van der Waals surface area contributed by atoms with Gasteiger partial charge in [-0.1, -0.05) is 48.8 Å². The van der Waals surface area contributed by atoms with Crippen LogP contribution >= 0.6 is 15.9 Å². The zero-order valence-corrected chi connectivity index (χ0v) is 19.3. The maximum absolute atomic E-state index is 13.3. The lowest BCUT2D eigenvalue weighted by Crippen LogP contribution is -2.47. The van der Waals surface area contributed by atoms with Crippen molar-refractivity contribution in [2.45, 2.75) is 44.8 Å². The van der Waals surface area contributed by atoms with Gasteiger partial charge in [0.1, 0.15) is 5.75 Å². The number of ether oxygens (including phenoxy) is 3. The Hall–Kier alpha value is -1.89. The fourth-order valence-corrected chi connectivity index (χ4v) is 4.27. The summed E-state index contributed by atoms with van der Waals surface area (Å²) in [4.78, 5) is 15.0. The minimum atomic E-state index is -1.30. The van der Waals surface area contributed by atoms with Crippen molar-refractivity contribution in [2.75, 3.05) is 31.3 Å². The van der Waals surface area contributed by atoms with Crippen molar-refractivity contribution in [1.29, 1.82) is 0 Å². The molecule has 160 valence electrons. The molecular weight excluding hydrogens is 446 g/mol. The first-order valence-electron chi connectivity index (χ1n) is 10.4. The Morgan fingerprint density at radius 2 is 1.80 bits per heavy atom. The number of hydrogen-bond donors (Lipinski definition) is 0. The highest BCUT2D eigenvalue weighted by molar-refractivity contribution is 9.10. The van der Waals surface area contributed by atoms with Gasteiger partial charge in [-0.2, -0.15) is 0 Å². The lowest BCUT2D eigenvalue weighted by molar-refractivity contribution is -0.256. The van der Waals surface area contributed by atoms with Gasteiger partial charge in [-0.15, -0.1) is 0 Å². The Kier molecular flexibility index (Phi) is 5.93. The highest BCUT2D eigenvalue weighted by atomic mass is 79.9. The molecular formula is C24H28BrNO4. The average Bonchev–Trinajstić information content (AvgIpc) is 2.93. The van der Waals surface area contributed by atoms with Crippen molar-refractivity contribution in [1.82, 2.24) is 0 Å². The molecule has 0 N–H and O–H groups in total. The van der Waals surface area contributed by atoms with E-state index in [4.69, 9.17) is 14.2 Å². The molecule has 2 heterocycles. The summed E-state index contributed by atoms with van der Waals surface area (Å²) in [5, 5.41) is 0. The summed E-state index contributed by atoms with van der Waals surface area (Å²) in [6, 6.07) is 14.0. The molecule has 6 heteroatoms. The van der Waals surface area contributed by atoms with Crippen LogP contribution < -0.4 is 9.64 Å². The third-order valence-corrected chi connectivity index (χ3v) is 6.04. The molecule has 2 aliphatic rings. The number of halogens is 1. The second-order valence-electron chi connectivity index (χ2n) is 8.76. The fourth-order valence-electron chi connectivity index (χ4n) is 3.91. The summed E-state index contributed by atoms with van der Waals surface area (Å²) in [6.07, 6.45) is 1.50. The molecule has 0 radical (unpaired) electrons. The third-order valence-electron chi connectivity index (χ3n) is 5.55. The van der Waals surface area contributed by atoms with E-state index in [1.54, 1.807) is 4.90 Å². The van der Waals surface area contributed by atoms with Crippen LogP contribution in [0.2, 0.25) is 0 Å². The van der Waals surface area contributed by atoms with E-state index in [1.807, 2.05) is 30.3 Å². The molecule has 0 unspecified atom stereocenters. The minimum absolute atomic E-state index is 0.121. The Morgan fingerprint density at radius 3 is 2.47 bits per heavy atom. The largest absolute Gasteiger partial charge is 0.494 e. The van der Waals surface area contributed by atoms with Crippen LogP contribution in [0, 0.1) is 0 Å². The van der Waals surface area contributed by atoms with Crippen LogP contribution in [0.1, 0.15) is 44.7 Å². The van der Waals surface area contributed by atoms with Crippen LogP contribution in [-0.4, -0.2) is 32.3 Å². The van der Waals surface area contributed by atoms with Crippen LogP contribution in [0.4, 0.5) is 5.69 Å². The molecule has 5 nitrogen and oxygen atoms in total. The SMILES string of the molecule is CC(C)(C)c1ccc(OCCCN2C(=O)C3(OCCCO3)c3cc(Br)ccc32)cc1. The summed E-state index contributed by atoms with van der Waals surface area (Å²) < 4.78 is 18.6. The van der Waals surface area contributed by atoms with Gasteiger partial charge < -0.3 is 19.1 Å². The van der Waals surface area contributed by atoms with E-state index in [2.05, 4.69) is 48.8 Å². The molecule has 1 fully saturated rings. The molecule has 4 rings (SSSR count). The Balaban J connectivity index is 1.41. The van der Waals surface area contributed by atoms with Gasteiger partial charge in [-0.05, 0) is 54.2 Å². The first-order chi connectivity index (χ1) is 14.3. The minimum Gasteiger partial charge on any atom is -0.494 e. The van der Waals surface area contributed by atoms with Gasteiger partial charge in [-0.3, -0.25) is 4.79 Å². The highest BCUT2D eigenvalue weighted by Crippen LogP contribution is 2.46. The van der Waals surface area contributed by atoms with Gasteiger partial charge >= 0.3 is 0 Å². The average molecular weight is 474 g/mol. The molecule has 2 aromatic rings. The molecule has 30 heavy (non-hydrogen) atoms. The Bertz CT molecular complexity index is 914.